The molecule has 1 heterocycles. The van der Waals surface area contributed by atoms with Crippen molar-refractivity contribution in [1.82, 2.24) is 4.98 Å². The summed E-state index contributed by atoms with van der Waals surface area (Å²) in [6.45, 7) is 7.77. The maximum absolute atomic E-state index is 5.92. The van der Waals surface area contributed by atoms with Gasteiger partial charge < -0.3 is 18.6 Å². The Balaban J connectivity index is 1.52. The summed E-state index contributed by atoms with van der Waals surface area (Å²) in [5, 5.41) is 0. The minimum absolute atomic E-state index is 0.139. The predicted molar refractivity (Wildman–Crippen MR) is 117 cm³/mol. The van der Waals surface area contributed by atoms with Gasteiger partial charge in [-0.1, -0.05) is 37.3 Å². The van der Waals surface area contributed by atoms with E-state index < -0.39 is 0 Å². The van der Waals surface area contributed by atoms with Crippen LogP contribution in [0.3, 0.4) is 0 Å². The molecule has 0 saturated heterocycles. The van der Waals surface area contributed by atoms with Crippen molar-refractivity contribution in [3.8, 4) is 17.2 Å². The molecule has 1 atom stereocenters. The van der Waals surface area contributed by atoms with Gasteiger partial charge in [-0.25, -0.2) is 4.98 Å². The fraction of sp³-hybridized carbons (Fsp3) is 0.400. The molecule has 0 bridgehead atoms. The molecule has 0 radical (unpaired) electrons. The third kappa shape index (κ3) is 6.44. The molecule has 0 aliphatic carbocycles. The molecule has 5 heteroatoms. The molecule has 30 heavy (non-hydrogen) atoms. The molecular weight excluding hydrogens is 378 g/mol. The normalized spacial score (nSPS) is 12.1. The molecule has 3 rings (SSSR count). The predicted octanol–water partition coefficient (Wildman–Crippen LogP) is 5.95. The summed E-state index contributed by atoms with van der Waals surface area (Å²) in [6.07, 6.45) is 2.60. The Kier molecular flexibility index (Phi) is 8.48. The van der Waals surface area contributed by atoms with E-state index in [-0.39, 0.29) is 6.29 Å². The first-order valence-electron chi connectivity index (χ1n) is 10.7. The first kappa shape index (κ1) is 22.1. The number of rotatable bonds is 12. The monoisotopic (exact) mass is 409 g/mol. The molecular formula is C25H31NO4. The van der Waals surface area contributed by atoms with Crippen LogP contribution in [0.4, 0.5) is 0 Å². The van der Waals surface area contributed by atoms with Crippen molar-refractivity contribution < 1.29 is 18.6 Å². The molecule has 160 valence electrons. The van der Waals surface area contributed by atoms with E-state index in [1.807, 2.05) is 56.3 Å². The quantitative estimate of drug-likeness (QED) is 0.346. The van der Waals surface area contributed by atoms with Crippen molar-refractivity contribution in [1.29, 1.82) is 0 Å². The van der Waals surface area contributed by atoms with Crippen molar-refractivity contribution in [2.75, 3.05) is 13.2 Å². The first-order chi connectivity index (χ1) is 14.7. The number of aromatic nitrogens is 1. The highest BCUT2D eigenvalue weighted by Crippen LogP contribution is 2.23. The zero-order valence-electron chi connectivity index (χ0n) is 18.1. The number of benzene rings is 2. The summed E-state index contributed by atoms with van der Waals surface area (Å²) < 4.78 is 23.1. The maximum Gasteiger partial charge on any atom is 0.226 e. The number of ether oxygens (including phenoxy) is 3. The third-order valence-electron chi connectivity index (χ3n) is 4.74. The smallest absolute Gasteiger partial charge is 0.226 e. The van der Waals surface area contributed by atoms with Crippen molar-refractivity contribution in [2.45, 2.75) is 52.9 Å². The molecule has 3 aromatic rings. The topological polar surface area (TPSA) is 53.7 Å². The second-order valence-corrected chi connectivity index (χ2v) is 7.11. The Morgan fingerprint density at radius 1 is 0.967 bits per heavy atom. The van der Waals surface area contributed by atoms with Gasteiger partial charge in [0.1, 0.15) is 23.8 Å². The molecule has 0 aliphatic heterocycles. The summed E-state index contributed by atoms with van der Waals surface area (Å²) in [7, 11) is 0. The van der Waals surface area contributed by atoms with E-state index >= 15 is 0 Å². The zero-order chi connectivity index (χ0) is 21.2. The van der Waals surface area contributed by atoms with E-state index in [1.165, 1.54) is 5.56 Å². The second-order valence-electron chi connectivity index (χ2n) is 7.11. The van der Waals surface area contributed by atoms with Crippen LogP contribution in [-0.2, 0) is 22.5 Å². The highest BCUT2D eigenvalue weighted by Gasteiger charge is 2.12. The summed E-state index contributed by atoms with van der Waals surface area (Å²) in [5.41, 5.74) is 3.01. The minimum atomic E-state index is -0.139. The molecule has 0 N–H and O–H groups in total. The van der Waals surface area contributed by atoms with E-state index in [4.69, 9.17) is 18.6 Å². The van der Waals surface area contributed by atoms with Gasteiger partial charge in [-0.15, -0.1) is 0 Å². The summed E-state index contributed by atoms with van der Waals surface area (Å²) in [6, 6.07) is 18.0. The van der Waals surface area contributed by atoms with Crippen LogP contribution in [0.25, 0.3) is 11.5 Å². The van der Waals surface area contributed by atoms with Gasteiger partial charge in [-0.2, -0.15) is 0 Å². The molecule has 0 saturated carbocycles. The average molecular weight is 410 g/mol. The number of hydrogen-bond donors (Lipinski definition) is 0. The van der Waals surface area contributed by atoms with Gasteiger partial charge in [0.15, 0.2) is 6.29 Å². The Morgan fingerprint density at radius 3 is 2.43 bits per heavy atom. The molecule has 2 aromatic carbocycles. The van der Waals surface area contributed by atoms with Crippen LogP contribution < -0.4 is 4.74 Å². The highest BCUT2D eigenvalue weighted by atomic mass is 16.7. The lowest BCUT2D eigenvalue weighted by Gasteiger charge is -2.17. The fourth-order valence-electron chi connectivity index (χ4n) is 3.10. The number of hydrogen-bond acceptors (Lipinski definition) is 5. The van der Waals surface area contributed by atoms with Crippen LogP contribution in [0, 0.1) is 6.92 Å². The molecule has 1 aromatic heterocycles. The van der Waals surface area contributed by atoms with E-state index in [0.717, 1.165) is 48.6 Å². The van der Waals surface area contributed by atoms with Crippen LogP contribution in [-0.4, -0.2) is 24.5 Å². The van der Waals surface area contributed by atoms with Crippen LogP contribution in [0.5, 0.6) is 5.75 Å². The number of nitrogens with zero attached hydrogens (tertiary/aromatic N) is 1. The van der Waals surface area contributed by atoms with Crippen LogP contribution >= 0.6 is 0 Å². The average Bonchev–Trinajstić information content (AvgIpc) is 3.16. The molecule has 0 amide bonds. The summed E-state index contributed by atoms with van der Waals surface area (Å²) in [4.78, 5) is 4.58. The highest BCUT2D eigenvalue weighted by molar-refractivity contribution is 5.53. The summed E-state index contributed by atoms with van der Waals surface area (Å²) in [5.74, 6) is 2.21. The number of aryl methyl sites for hydroxylation is 2. The van der Waals surface area contributed by atoms with Gasteiger partial charge in [0, 0.05) is 25.2 Å². The first-order valence-corrected chi connectivity index (χ1v) is 10.7. The van der Waals surface area contributed by atoms with Gasteiger partial charge in [0.2, 0.25) is 5.89 Å². The molecule has 1 unspecified atom stereocenters. The van der Waals surface area contributed by atoms with Crippen LogP contribution in [0.15, 0.2) is 59.0 Å². The van der Waals surface area contributed by atoms with Gasteiger partial charge >= 0.3 is 0 Å². The van der Waals surface area contributed by atoms with Crippen molar-refractivity contribution in [2.24, 2.45) is 0 Å². The van der Waals surface area contributed by atoms with Crippen LogP contribution in [0.1, 0.15) is 43.7 Å². The Morgan fingerprint density at radius 2 is 1.73 bits per heavy atom. The summed E-state index contributed by atoms with van der Waals surface area (Å²) >= 11 is 0. The molecule has 5 nitrogen and oxygen atoms in total. The van der Waals surface area contributed by atoms with Gasteiger partial charge in [0.25, 0.3) is 0 Å². The van der Waals surface area contributed by atoms with Gasteiger partial charge in [-0.05, 0) is 56.5 Å². The Hall–Kier alpha value is -2.63. The second kappa shape index (κ2) is 11.5. The van der Waals surface area contributed by atoms with Crippen molar-refractivity contribution in [3.63, 3.8) is 0 Å². The minimum Gasteiger partial charge on any atom is -0.487 e. The standard InChI is InChI=1S/C25H31NO4/c1-4-17-28-24(27-5-2)16-13-20-11-14-22(15-12-20)29-18-23-19(3)30-25(26-23)21-9-7-6-8-10-21/h6-12,14-15,24H,4-5,13,16-18H2,1-3H3. The molecule has 0 fully saturated rings. The van der Waals surface area contributed by atoms with E-state index in [9.17, 15) is 0 Å². The lowest BCUT2D eigenvalue weighted by molar-refractivity contribution is -0.142. The lowest BCUT2D eigenvalue weighted by atomic mass is 10.1. The van der Waals surface area contributed by atoms with Crippen LogP contribution in [0.2, 0.25) is 0 Å². The fourth-order valence-corrected chi connectivity index (χ4v) is 3.10. The SMILES string of the molecule is CCCOC(CCc1ccc(OCc2nc(-c3ccccc3)oc2C)cc1)OCC. The Bertz CT molecular complexity index is 874. The molecule has 0 aliphatic rings. The third-order valence-corrected chi connectivity index (χ3v) is 4.74. The van der Waals surface area contributed by atoms with Crippen molar-refractivity contribution >= 4 is 0 Å². The van der Waals surface area contributed by atoms with Gasteiger partial charge in [-0.3, -0.25) is 0 Å². The van der Waals surface area contributed by atoms with E-state index in [1.54, 1.807) is 0 Å². The Labute approximate surface area is 179 Å². The lowest BCUT2D eigenvalue weighted by Crippen LogP contribution is -2.18. The van der Waals surface area contributed by atoms with Crippen molar-refractivity contribution in [3.05, 3.63) is 71.6 Å². The molecule has 0 spiro atoms. The maximum atomic E-state index is 5.92. The van der Waals surface area contributed by atoms with E-state index in [2.05, 4.69) is 24.0 Å². The largest absolute Gasteiger partial charge is 0.487 e. The van der Waals surface area contributed by atoms with E-state index in [0.29, 0.717) is 19.1 Å². The van der Waals surface area contributed by atoms with Gasteiger partial charge in [0.05, 0.1) is 0 Å². The number of oxazole rings is 1. The zero-order valence-corrected chi connectivity index (χ0v) is 18.1.